The second-order valence-electron chi connectivity index (χ2n) is 19.1. The fourth-order valence-corrected chi connectivity index (χ4v) is 7.37. The van der Waals surface area contributed by atoms with Crippen molar-refractivity contribution >= 4 is 17.9 Å². The zero-order valence-corrected chi connectivity index (χ0v) is 49.3. The lowest BCUT2D eigenvalue weighted by atomic mass is 10.1. The van der Waals surface area contributed by atoms with E-state index in [1.807, 2.05) is 0 Å². The van der Waals surface area contributed by atoms with Crippen molar-refractivity contribution in [2.75, 3.05) is 13.2 Å². The van der Waals surface area contributed by atoms with E-state index >= 15 is 0 Å². The highest BCUT2D eigenvalue weighted by Gasteiger charge is 2.19. The van der Waals surface area contributed by atoms with Crippen LogP contribution in [0.3, 0.4) is 0 Å². The first-order valence-corrected chi connectivity index (χ1v) is 30.4. The van der Waals surface area contributed by atoms with Crippen LogP contribution in [0, 0.1) is 0 Å². The molecule has 0 N–H and O–H groups in total. The predicted octanol–water partition coefficient (Wildman–Crippen LogP) is 21.0. The molecule has 0 heterocycles. The topological polar surface area (TPSA) is 78.9 Å². The lowest BCUT2D eigenvalue weighted by Crippen LogP contribution is -2.30. The van der Waals surface area contributed by atoms with Crippen LogP contribution in [-0.4, -0.2) is 37.2 Å². The van der Waals surface area contributed by atoms with Gasteiger partial charge in [-0.2, -0.15) is 0 Å². The van der Waals surface area contributed by atoms with Crippen molar-refractivity contribution in [1.29, 1.82) is 0 Å². The molecule has 78 heavy (non-hydrogen) atoms. The van der Waals surface area contributed by atoms with Gasteiger partial charge in [0, 0.05) is 19.3 Å². The van der Waals surface area contributed by atoms with E-state index in [0.717, 1.165) is 135 Å². The number of unbranched alkanes of at least 4 members (excludes halogenated alkanes) is 9. The third-order valence-electron chi connectivity index (χ3n) is 11.8. The Balaban J connectivity index is 4.46. The average molecular weight is 1070 g/mol. The summed E-state index contributed by atoms with van der Waals surface area (Å²) < 4.78 is 16.7. The molecule has 0 fully saturated rings. The highest BCUT2D eigenvalue weighted by atomic mass is 16.6. The Labute approximate surface area is 477 Å². The molecule has 0 aliphatic carbocycles. The molecule has 0 aromatic heterocycles. The maximum atomic E-state index is 12.8. The van der Waals surface area contributed by atoms with Gasteiger partial charge in [0.05, 0.1) is 0 Å². The van der Waals surface area contributed by atoms with E-state index in [1.165, 1.54) is 32.1 Å². The first-order valence-electron chi connectivity index (χ1n) is 30.4. The molecule has 0 aliphatic rings. The second-order valence-corrected chi connectivity index (χ2v) is 19.1. The van der Waals surface area contributed by atoms with Gasteiger partial charge in [-0.15, -0.1) is 0 Å². The Morgan fingerprint density at radius 1 is 0.269 bits per heavy atom. The number of rotatable bonds is 52. The normalized spacial score (nSPS) is 13.5. The summed E-state index contributed by atoms with van der Waals surface area (Å²) >= 11 is 0. The molecule has 0 rings (SSSR count). The molecule has 0 saturated heterocycles. The summed E-state index contributed by atoms with van der Waals surface area (Å²) in [6.07, 6.45) is 97.4. The summed E-state index contributed by atoms with van der Waals surface area (Å²) in [6.45, 7) is 6.26. The molecule has 0 spiro atoms. The van der Waals surface area contributed by atoms with Crippen molar-refractivity contribution in [2.24, 2.45) is 0 Å². The van der Waals surface area contributed by atoms with E-state index in [1.54, 1.807) is 0 Å². The van der Waals surface area contributed by atoms with Crippen LogP contribution in [0.4, 0.5) is 0 Å². The lowest BCUT2D eigenvalue weighted by Gasteiger charge is -2.18. The van der Waals surface area contributed by atoms with Crippen LogP contribution < -0.4 is 0 Å². The molecular formula is C72H108O6. The average Bonchev–Trinajstić information content (AvgIpc) is 3.44. The zero-order chi connectivity index (χ0) is 56.4. The number of esters is 3. The van der Waals surface area contributed by atoms with E-state index < -0.39 is 12.1 Å². The summed E-state index contributed by atoms with van der Waals surface area (Å²) in [6, 6.07) is 0. The van der Waals surface area contributed by atoms with Gasteiger partial charge in [0.1, 0.15) is 13.2 Å². The lowest BCUT2D eigenvalue weighted by molar-refractivity contribution is -0.167. The Morgan fingerprint density at radius 2 is 0.500 bits per heavy atom. The number of hydrogen-bond donors (Lipinski definition) is 0. The van der Waals surface area contributed by atoms with E-state index in [9.17, 15) is 14.4 Å². The van der Waals surface area contributed by atoms with E-state index in [4.69, 9.17) is 14.2 Å². The molecule has 0 saturated carbocycles. The predicted molar refractivity (Wildman–Crippen MR) is 338 cm³/mol. The molecule has 0 aromatic rings. The SMILES string of the molecule is CC/C=C\C/C=C\C/C=C\C/C=C\C/C=C\C/C=C\C/C=C\C/C=C\C/C=C\CCCC(=O)OCC(COC(=O)CCCCCCCCCC)OC(=O)CCC/C=C\C/C=C\C/C=C\C/C=C\C/C=C\C/C=C\C/C=C\CC. The molecule has 6 nitrogen and oxygen atoms in total. The maximum absolute atomic E-state index is 12.8. The van der Waals surface area contributed by atoms with Gasteiger partial charge in [-0.3, -0.25) is 14.4 Å². The van der Waals surface area contributed by atoms with Crippen LogP contribution >= 0.6 is 0 Å². The van der Waals surface area contributed by atoms with Crippen molar-refractivity contribution in [3.63, 3.8) is 0 Å². The standard InChI is InChI=1S/C72H108O6/c1-4-7-10-13-16-19-21-23-25-27-29-31-33-34-35-36-37-38-40-41-43-45-47-49-51-53-56-59-62-65-71(74)77-68-69(67-76-70(73)64-61-58-55-18-15-12-9-6-3)78-72(75)66-63-60-57-54-52-50-48-46-44-42-39-32-30-28-26-24-22-20-17-14-11-8-5-2/h7-8,10-11,16-17,19-20,23-26,29-32,34-35,37-38,41-44,47-50,53-54,56-57,69H,4-6,9,12-15,18,21-22,27-28,33,36,39-40,45-46,51-52,55,58-68H2,1-3H3/b10-7-,11-8-,19-16-,20-17-,25-23-,26-24-,31-29-,32-30-,35-34-,38-37-,43-41-,44-42-,49-47-,50-48-,56-53-,57-54-. The minimum Gasteiger partial charge on any atom is -0.462 e. The van der Waals surface area contributed by atoms with Gasteiger partial charge in [0.25, 0.3) is 0 Å². The van der Waals surface area contributed by atoms with Crippen molar-refractivity contribution in [3.05, 3.63) is 194 Å². The fourth-order valence-electron chi connectivity index (χ4n) is 7.37. The zero-order valence-electron chi connectivity index (χ0n) is 49.3. The highest BCUT2D eigenvalue weighted by molar-refractivity contribution is 5.71. The quantitative estimate of drug-likeness (QED) is 0.0261. The van der Waals surface area contributed by atoms with E-state index in [0.29, 0.717) is 19.3 Å². The number of carbonyl (C=O) groups is 3. The van der Waals surface area contributed by atoms with E-state index in [2.05, 4.69) is 215 Å². The van der Waals surface area contributed by atoms with Gasteiger partial charge >= 0.3 is 17.9 Å². The summed E-state index contributed by atoms with van der Waals surface area (Å²) in [5, 5.41) is 0. The molecular weight excluding hydrogens is 961 g/mol. The van der Waals surface area contributed by atoms with Gasteiger partial charge in [-0.25, -0.2) is 0 Å². The summed E-state index contributed by atoms with van der Waals surface area (Å²) in [7, 11) is 0. The monoisotopic (exact) mass is 1070 g/mol. The number of allylic oxidation sites excluding steroid dienone is 32. The first kappa shape index (κ1) is 72.2. The highest BCUT2D eigenvalue weighted by Crippen LogP contribution is 2.12. The third-order valence-corrected chi connectivity index (χ3v) is 11.8. The molecule has 0 aliphatic heterocycles. The second kappa shape index (κ2) is 63.8. The summed E-state index contributed by atoms with van der Waals surface area (Å²) in [5.74, 6) is -1.07. The molecule has 6 heteroatoms. The molecule has 0 amide bonds. The van der Waals surface area contributed by atoms with Gasteiger partial charge < -0.3 is 14.2 Å². The fraction of sp³-hybridized carbons (Fsp3) is 0.514. The molecule has 1 unspecified atom stereocenters. The Hall–Kier alpha value is -5.75. The van der Waals surface area contributed by atoms with Crippen LogP contribution in [0.2, 0.25) is 0 Å². The van der Waals surface area contributed by atoms with Gasteiger partial charge in [0.2, 0.25) is 0 Å². The first-order chi connectivity index (χ1) is 38.5. The molecule has 0 radical (unpaired) electrons. The minimum atomic E-state index is -0.842. The van der Waals surface area contributed by atoms with Crippen molar-refractivity contribution in [3.8, 4) is 0 Å². The number of ether oxygens (including phenoxy) is 3. The van der Waals surface area contributed by atoms with Crippen LogP contribution in [0.25, 0.3) is 0 Å². The summed E-state index contributed by atoms with van der Waals surface area (Å²) in [4.78, 5) is 38.0. The largest absolute Gasteiger partial charge is 0.462 e. The van der Waals surface area contributed by atoms with Crippen LogP contribution in [0.1, 0.15) is 220 Å². The van der Waals surface area contributed by atoms with E-state index in [-0.39, 0.29) is 38.0 Å². The Kier molecular flexibility index (Phi) is 59.1. The van der Waals surface area contributed by atoms with Crippen LogP contribution in [-0.2, 0) is 28.6 Å². The van der Waals surface area contributed by atoms with Crippen LogP contribution in [0.15, 0.2) is 194 Å². The molecule has 1 atom stereocenters. The minimum absolute atomic E-state index is 0.129. The van der Waals surface area contributed by atoms with Gasteiger partial charge in [-0.1, -0.05) is 260 Å². The smallest absolute Gasteiger partial charge is 0.306 e. The third kappa shape index (κ3) is 61.1. The Morgan fingerprint density at radius 3 is 0.782 bits per heavy atom. The molecule has 0 aromatic carbocycles. The maximum Gasteiger partial charge on any atom is 0.306 e. The number of hydrogen-bond acceptors (Lipinski definition) is 6. The van der Waals surface area contributed by atoms with Crippen molar-refractivity contribution < 1.29 is 28.6 Å². The van der Waals surface area contributed by atoms with Crippen molar-refractivity contribution in [2.45, 2.75) is 226 Å². The Bertz CT molecular complexity index is 1900. The van der Waals surface area contributed by atoms with Crippen LogP contribution in [0.5, 0.6) is 0 Å². The van der Waals surface area contributed by atoms with Crippen molar-refractivity contribution in [1.82, 2.24) is 0 Å². The number of carbonyl (C=O) groups excluding carboxylic acids is 3. The molecule has 432 valence electrons. The van der Waals surface area contributed by atoms with Gasteiger partial charge in [0.15, 0.2) is 6.10 Å². The summed E-state index contributed by atoms with van der Waals surface area (Å²) in [5.41, 5.74) is 0. The van der Waals surface area contributed by atoms with Gasteiger partial charge in [-0.05, 0) is 135 Å². The molecule has 0 bridgehead atoms.